The van der Waals surface area contributed by atoms with Crippen molar-refractivity contribution in [3.63, 3.8) is 0 Å². The fraction of sp³-hybridized carbons (Fsp3) is 0.385. The van der Waals surface area contributed by atoms with Crippen molar-refractivity contribution in [2.24, 2.45) is 0 Å². The van der Waals surface area contributed by atoms with Gasteiger partial charge in [-0.2, -0.15) is 0 Å². The van der Waals surface area contributed by atoms with E-state index in [4.69, 9.17) is 4.74 Å². The predicted molar refractivity (Wildman–Crippen MR) is 73.9 cm³/mol. The maximum atomic E-state index is 13.3. The summed E-state index contributed by atoms with van der Waals surface area (Å²) in [7, 11) is 0. The van der Waals surface area contributed by atoms with Crippen LogP contribution in [-0.4, -0.2) is 21.6 Å². The van der Waals surface area contributed by atoms with Crippen molar-refractivity contribution >= 4 is 15.9 Å². The molecule has 2 aromatic rings. The molecule has 0 saturated heterocycles. The molecule has 1 aromatic heterocycles. The highest BCUT2D eigenvalue weighted by molar-refractivity contribution is 9.09. The zero-order valence-electron chi connectivity index (χ0n) is 10.6. The number of hydrogen-bond donors (Lipinski definition) is 0. The van der Waals surface area contributed by atoms with Crippen LogP contribution in [0.5, 0.6) is 5.75 Å². The van der Waals surface area contributed by atoms with Crippen LogP contribution < -0.4 is 4.74 Å². The maximum Gasteiger partial charge on any atom is 0.165 e. The zero-order valence-corrected chi connectivity index (χ0v) is 12.2. The molecule has 0 radical (unpaired) electrons. The Hall–Kier alpha value is -1.43. The Balaban J connectivity index is 1.86. The minimum atomic E-state index is -0.353. The first kappa shape index (κ1) is 14.0. The van der Waals surface area contributed by atoms with Crippen LogP contribution in [0.2, 0.25) is 0 Å². The van der Waals surface area contributed by atoms with E-state index in [1.807, 2.05) is 6.20 Å². The number of rotatable bonds is 6. The lowest BCUT2D eigenvalue weighted by Crippen LogP contribution is -2.09. The topological polar surface area (TPSA) is 39.9 Å². The van der Waals surface area contributed by atoms with Crippen molar-refractivity contribution in [1.82, 2.24) is 15.0 Å². The first-order chi connectivity index (χ1) is 9.20. The molecular weight excluding hydrogens is 313 g/mol. The molecule has 6 heteroatoms. The second kappa shape index (κ2) is 6.65. The molecule has 0 saturated carbocycles. The molecule has 1 atom stereocenters. The first-order valence-electron chi connectivity index (χ1n) is 6.12. The third-order valence-electron chi connectivity index (χ3n) is 2.65. The van der Waals surface area contributed by atoms with Gasteiger partial charge in [0.2, 0.25) is 0 Å². The van der Waals surface area contributed by atoms with Crippen LogP contribution in [0.25, 0.3) is 0 Å². The third kappa shape index (κ3) is 3.76. The van der Waals surface area contributed by atoms with Gasteiger partial charge < -0.3 is 4.74 Å². The van der Waals surface area contributed by atoms with Crippen LogP contribution in [0.4, 0.5) is 4.39 Å². The average molecular weight is 328 g/mol. The number of nitrogens with zero attached hydrogens (tertiary/aromatic N) is 3. The number of benzene rings is 1. The van der Waals surface area contributed by atoms with E-state index in [2.05, 4.69) is 33.2 Å². The fourth-order valence-electron chi connectivity index (χ4n) is 1.59. The van der Waals surface area contributed by atoms with Crippen LogP contribution >= 0.6 is 15.9 Å². The summed E-state index contributed by atoms with van der Waals surface area (Å²) in [5.41, 5.74) is 0.897. The van der Waals surface area contributed by atoms with Crippen LogP contribution in [0.3, 0.4) is 0 Å². The Kier molecular flexibility index (Phi) is 4.90. The molecule has 0 bridgehead atoms. The molecule has 0 aliphatic carbocycles. The number of alkyl halides is 1. The average Bonchev–Trinajstić information content (AvgIpc) is 2.89. The van der Waals surface area contributed by atoms with Crippen LogP contribution in [0.15, 0.2) is 30.5 Å². The molecule has 0 spiro atoms. The third-order valence-corrected chi connectivity index (χ3v) is 3.77. The monoisotopic (exact) mass is 327 g/mol. The van der Waals surface area contributed by atoms with Crippen molar-refractivity contribution < 1.29 is 9.13 Å². The molecule has 0 N–H and O–H groups in total. The highest BCUT2D eigenvalue weighted by Crippen LogP contribution is 2.23. The van der Waals surface area contributed by atoms with Gasteiger partial charge in [0.15, 0.2) is 11.6 Å². The Bertz CT molecular complexity index is 532. The van der Waals surface area contributed by atoms with E-state index < -0.39 is 0 Å². The molecule has 102 valence electrons. The molecule has 1 heterocycles. The second-order valence-electron chi connectivity index (χ2n) is 4.06. The lowest BCUT2D eigenvalue weighted by molar-refractivity contribution is 0.277. The van der Waals surface area contributed by atoms with E-state index in [1.165, 1.54) is 6.07 Å². The molecule has 0 fully saturated rings. The fourth-order valence-corrected chi connectivity index (χ4v) is 1.80. The predicted octanol–water partition coefficient (Wildman–Crippen LogP) is 3.34. The second-order valence-corrected chi connectivity index (χ2v) is 5.17. The van der Waals surface area contributed by atoms with Gasteiger partial charge in [0.05, 0.1) is 17.1 Å². The smallest absolute Gasteiger partial charge is 0.165 e. The van der Waals surface area contributed by atoms with Crippen molar-refractivity contribution in [3.8, 4) is 5.75 Å². The Morgan fingerprint density at radius 1 is 1.42 bits per heavy atom. The molecule has 4 nitrogen and oxygen atoms in total. The highest BCUT2D eigenvalue weighted by Gasteiger charge is 2.09. The summed E-state index contributed by atoms with van der Waals surface area (Å²) in [5, 5.41) is 8.07. The van der Waals surface area contributed by atoms with Gasteiger partial charge in [0.25, 0.3) is 0 Å². The van der Waals surface area contributed by atoms with Crippen molar-refractivity contribution in [1.29, 1.82) is 0 Å². The number of aromatic nitrogens is 3. The molecule has 0 aliphatic heterocycles. The summed E-state index contributed by atoms with van der Waals surface area (Å²) in [5.74, 6) is -0.0944. The standard InChI is InChI=1S/C13H15BrFN3O/c1-2-10(14)12-9-18(17-16-12)7-8-19-13-6-4-3-5-11(13)15/h3-6,9-10H,2,7-8H2,1H3. The maximum absolute atomic E-state index is 13.3. The van der Waals surface area contributed by atoms with Crippen LogP contribution in [0, 0.1) is 5.82 Å². The lowest BCUT2D eigenvalue weighted by Gasteiger charge is -2.06. The largest absolute Gasteiger partial charge is 0.489 e. The van der Waals surface area contributed by atoms with E-state index >= 15 is 0 Å². The van der Waals surface area contributed by atoms with Crippen molar-refractivity contribution in [2.75, 3.05) is 6.61 Å². The quantitative estimate of drug-likeness (QED) is 0.764. The van der Waals surface area contributed by atoms with Gasteiger partial charge in [0, 0.05) is 6.20 Å². The first-order valence-corrected chi connectivity index (χ1v) is 7.03. The van der Waals surface area contributed by atoms with Gasteiger partial charge in [-0.25, -0.2) is 9.07 Å². The van der Waals surface area contributed by atoms with Crippen molar-refractivity contribution in [2.45, 2.75) is 24.7 Å². The molecule has 1 aromatic carbocycles. The van der Waals surface area contributed by atoms with Crippen LogP contribution in [-0.2, 0) is 6.54 Å². The SMILES string of the molecule is CCC(Br)c1cn(CCOc2ccccc2F)nn1. The Morgan fingerprint density at radius 3 is 2.95 bits per heavy atom. The number of halogens is 2. The Labute approximate surface area is 119 Å². The van der Waals surface area contributed by atoms with Crippen LogP contribution in [0.1, 0.15) is 23.9 Å². The van der Waals surface area contributed by atoms with Gasteiger partial charge in [-0.05, 0) is 18.6 Å². The molecule has 0 amide bonds. The Morgan fingerprint density at radius 2 is 2.21 bits per heavy atom. The lowest BCUT2D eigenvalue weighted by atomic mass is 10.3. The normalized spacial score (nSPS) is 12.4. The van der Waals surface area contributed by atoms with Gasteiger partial charge >= 0.3 is 0 Å². The molecule has 0 aliphatic rings. The molecular formula is C13H15BrFN3O. The summed E-state index contributed by atoms with van der Waals surface area (Å²) < 4.78 is 20.4. The van der Waals surface area contributed by atoms with E-state index in [0.717, 1.165) is 12.1 Å². The summed E-state index contributed by atoms with van der Waals surface area (Å²) in [6, 6.07) is 6.35. The van der Waals surface area contributed by atoms with E-state index in [1.54, 1.807) is 22.9 Å². The molecule has 2 rings (SSSR count). The summed E-state index contributed by atoms with van der Waals surface area (Å²) in [6.45, 7) is 2.95. The zero-order chi connectivity index (χ0) is 13.7. The minimum absolute atomic E-state index is 0.216. The van der Waals surface area contributed by atoms with Gasteiger partial charge in [-0.3, -0.25) is 0 Å². The highest BCUT2D eigenvalue weighted by atomic mass is 79.9. The summed E-state index contributed by atoms with van der Waals surface area (Å²) in [6.07, 6.45) is 2.82. The van der Waals surface area contributed by atoms with Gasteiger partial charge in [-0.15, -0.1) is 5.10 Å². The minimum Gasteiger partial charge on any atom is -0.489 e. The number of hydrogen-bond acceptors (Lipinski definition) is 3. The molecule has 1 unspecified atom stereocenters. The molecule has 19 heavy (non-hydrogen) atoms. The number of para-hydroxylation sites is 1. The summed E-state index contributed by atoms with van der Waals surface area (Å²) >= 11 is 3.52. The number of ether oxygens (including phenoxy) is 1. The van der Waals surface area contributed by atoms with E-state index in [-0.39, 0.29) is 16.4 Å². The van der Waals surface area contributed by atoms with E-state index in [9.17, 15) is 4.39 Å². The van der Waals surface area contributed by atoms with E-state index in [0.29, 0.717) is 13.2 Å². The van der Waals surface area contributed by atoms with Gasteiger partial charge in [0.1, 0.15) is 6.61 Å². The summed E-state index contributed by atoms with van der Waals surface area (Å²) in [4.78, 5) is 0.216. The van der Waals surface area contributed by atoms with Crippen molar-refractivity contribution in [3.05, 3.63) is 42.0 Å². The van der Waals surface area contributed by atoms with Gasteiger partial charge in [-0.1, -0.05) is 40.2 Å².